The molecule has 0 spiro atoms. The van der Waals surface area contributed by atoms with Crippen molar-refractivity contribution in [3.8, 4) is 16.9 Å². The highest BCUT2D eigenvalue weighted by molar-refractivity contribution is 6.09. The number of aryl methyl sites for hydroxylation is 2. The molecule has 2 heterocycles. The quantitative estimate of drug-likeness (QED) is 0.244. The Morgan fingerprint density at radius 3 is 2.62 bits per heavy atom. The van der Waals surface area contributed by atoms with Gasteiger partial charge in [-0.1, -0.05) is 18.2 Å². The Morgan fingerprint density at radius 2 is 1.86 bits per heavy atom. The summed E-state index contributed by atoms with van der Waals surface area (Å²) in [5, 5.41) is 4.74. The molecule has 5 nitrogen and oxygen atoms in total. The van der Waals surface area contributed by atoms with Gasteiger partial charge in [-0.25, -0.2) is 4.39 Å². The number of halogens is 1. The fraction of sp³-hybridized carbons (Fsp3) is 0.161. The molecule has 5 rings (SSSR count). The largest absolute Gasteiger partial charge is 0.493 e. The smallest absolute Gasteiger partial charge is 0.248 e. The third-order valence-corrected chi connectivity index (χ3v) is 6.39. The highest BCUT2D eigenvalue weighted by Gasteiger charge is 2.19. The molecule has 5 aromatic rings. The molecule has 2 aromatic heterocycles. The summed E-state index contributed by atoms with van der Waals surface area (Å²) in [6.07, 6.45) is 3.24. The zero-order valence-electron chi connectivity index (χ0n) is 21.2. The number of anilines is 1. The minimum Gasteiger partial charge on any atom is -0.493 e. The van der Waals surface area contributed by atoms with Crippen LogP contribution in [0.25, 0.3) is 38.6 Å². The summed E-state index contributed by atoms with van der Waals surface area (Å²) in [5.41, 5.74) is 7.20. The molecule has 0 bridgehead atoms. The summed E-state index contributed by atoms with van der Waals surface area (Å²) in [7, 11) is 0. The van der Waals surface area contributed by atoms with Crippen LogP contribution in [0.1, 0.15) is 30.7 Å². The van der Waals surface area contributed by atoms with Crippen molar-refractivity contribution >= 4 is 39.0 Å². The number of aromatic nitrogens is 1. The van der Waals surface area contributed by atoms with E-state index in [1.807, 2.05) is 64.1 Å². The molecule has 0 unspecified atom stereocenters. The summed E-state index contributed by atoms with van der Waals surface area (Å²) >= 11 is 0. The van der Waals surface area contributed by atoms with Crippen LogP contribution in [0.15, 0.2) is 77.4 Å². The number of furan rings is 1. The number of pyridine rings is 1. The Kier molecular flexibility index (Phi) is 6.49. The van der Waals surface area contributed by atoms with Crippen molar-refractivity contribution in [2.24, 2.45) is 0 Å². The van der Waals surface area contributed by atoms with Crippen LogP contribution in [-0.2, 0) is 4.79 Å². The van der Waals surface area contributed by atoms with Gasteiger partial charge in [0.25, 0.3) is 0 Å². The van der Waals surface area contributed by atoms with E-state index in [1.54, 1.807) is 24.5 Å². The second kappa shape index (κ2) is 9.90. The lowest BCUT2D eigenvalue weighted by molar-refractivity contribution is -0.111. The number of hydrogen-bond donors (Lipinski definition) is 1. The minimum atomic E-state index is -0.297. The number of nitrogens with one attached hydrogen (secondary N) is 1. The first kappa shape index (κ1) is 24.3. The monoisotopic (exact) mass is 494 g/mol. The molecule has 0 saturated heterocycles. The lowest BCUT2D eigenvalue weighted by atomic mass is 9.96. The number of allylic oxidation sites excluding steroid dienone is 1. The molecule has 0 radical (unpaired) electrons. The number of carbonyl (C=O) groups is 1. The summed E-state index contributed by atoms with van der Waals surface area (Å²) in [6.45, 7) is 8.14. The molecule has 0 aliphatic carbocycles. The Labute approximate surface area is 214 Å². The van der Waals surface area contributed by atoms with Crippen molar-refractivity contribution in [3.05, 3.63) is 95.6 Å². The van der Waals surface area contributed by atoms with Crippen molar-refractivity contribution in [1.82, 2.24) is 4.98 Å². The number of rotatable bonds is 6. The molecule has 37 heavy (non-hydrogen) atoms. The van der Waals surface area contributed by atoms with E-state index < -0.39 is 0 Å². The van der Waals surface area contributed by atoms with Crippen LogP contribution in [0.2, 0.25) is 0 Å². The van der Waals surface area contributed by atoms with Crippen molar-refractivity contribution in [2.75, 3.05) is 11.9 Å². The average molecular weight is 495 g/mol. The predicted molar refractivity (Wildman–Crippen MR) is 146 cm³/mol. The molecule has 6 heteroatoms. The molecule has 186 valence electrons. The standard InChI is InChI=1S/C31H27FN2O3/c1-5-36-30-20(4)31-25(26(17-37-31)21-10-12-22(32)13-11-21)16-24(30)18(2)15-29(35)34-28-8-6-7-27-23(28)14-9-19(3)33-27/h6-17H,5H2,1-4H3,(H,34,35)/b18-15+. The van der Waals surface area contributed by atoms with Crippen molar-refractivity contribution in [3.63, 3.8) is 0 Å². The summed E-state index contributed by atoms with van der Waals surface area (Å²) in [4.78, 5) is 17.6. The van der Waals surface area contributed by atoms with Gasteiger partial charge in [0.05, 0.1) is 24.1 Å². The summed E-state index contributed by atoms with van der Waals surface area (Å²) < 4.78 is 25.4. The van der Waals surface area contributed by atoms with Crippen LogP contribution in [0.3, 0.4) is 0 Å². The third-order valence-electron chi connectivity index (χ3n) is 6.39. The van der Waals surface area contributed by atoms with Crippen LogP contribution in [0.4, 0.5) is 10.1 Å². The zero-order valence-corrected chi connectivity index (χ0v) is 21.2. The molecule has 0 aliphatic rings. The summed E-state index contributed by atoms with van der Waals surface area (Å²) in [6, 6.07) is 17.8. The Hall–Kier alpha value is -4.45. The average Bonchev–Trinajstić information content (AvgIpc) is 3.30. The highest BCUT2D eigenvalue weighted by Crippen LogP contribution is 2.40. The van der Waals surface area contributed by atoms with Crippen LogP contribution < -0.4 is 10.1 Å². The maximum atomic E-state index is 13.5. The molecule has 3 aromatic carbocycles. The third kappa shape index (κ3) is 4.70. The SMILES string of the molecule is CCOc1c(/C(C)=C/C(=O)Nc2cccc3nc(C)ccc23)cc2c(-c3ccc(F)cc3)coc2c1C. The number of nitrogens with zero attached hydrogens (tertiary/aromatic N) is 1. The van der Waals surface area contributed by atoms with Crippen LogP contribution in [0.5, 0.6) is 5.75 Å². The number of fused-ring (bicyclic) bond motifs is 2. The zero-order chi connectivity index (χ0) is 26.1. The maximum absolute atomic E-state index is 13.5. The molecule has 1 amide bonds. The van der Waals surface area contributed by atoms with E-state index in [0.717, 1.165) is 49.8 Å². The van der Waals surface area contributed by atoms with Gasteiger partial charge in [0.2, 0.25) is 5.91 Å². The first-order valence-corrected chi connectivity index (χ1v) is 12.1. The van der Waals surface area contributed by atoms with E-state index in [9.17, 15) is 9.18 Å². The first-order valence-electron chi connectivity index (χ1n) is 12.1. The second-order valence-electron chi connectivity index (χ2n) is 8.99. The fourth-order valence-corrected chi connectivity index (χ4v) is 4.60. The number of benzene rings is 3. The van der Waals surface area contributed by atoms with Gasteiger partial charge in [-0.15, -0.1) is 0 Å². The van der Waals surface area contributed by atoms with E-state index in [2.05, 4.69) is 10.3 Å². The number of amides is 1. The van der Waals surface area contributed by atoms with E-state index in [0.29, 0.717) is 23.6 Å². The van der Waals surface area contributed by atoms with Gasteiger partial charge in [0, 0.05) is 39.2 Å². The van der Waals surface area contributed by atoms with Crippen LogP contribution in [-0.4, -0.2) is 17.5 Å². The molecule has 1 N–H and O–H groups in total. The van der Waals surface area contributed by atoms with Gasteiger partial charge >= 0.3 is 0 Å². The van der Waals surface area contributed by atoms with Gasteiger partial charge in [0.15, 0.2) is 0 Å². The molecule has 0 atom stereocenters. The second-order valence-corrected chi connectivity index (χ2v) is 8.99. The number of carbonyl (C=O) groups excluding carboxylic acids is 1. The Balaban J connectivity index is 1.55. The predicted octanol–water partition coefficient (Wildman–Crippen LogP) is 7.84. The van der Waals surface area contributed by atoms with Crippen molar-refractivity contribution in [2.45, 2.75) is 27.7 Å². The Bertz CT molecular complexity index is 1670. The van der Waals surface area contributed by atoms with Gasteiger partial charge in [0.1, 0.15) is 17.1 Å². The Morgan fingerprint density at radius 1 is 1.08 bits per heavy atom. The number of ether oxygens (including phenoxy) is 1. The molecule has 0 aliphatic heterocycles. The van der Waals surface area contributed by atoms with E-state index in [1.165, 1.54) is 12.1 Å². The van der Waals surface area contributed by atoms with Crippen LogP contribution >= 0.6 is 0 Å². The summed E-state index contributed by atoms with van der Waals surface area (Å²) in [5.74, 6) is 0.118. The van der Waals surface area contributed by atoms with Gasteiger partial charge in [-0.05, 0) is 81.3 Å². The lowest BCUT2D eigenvalue weighted by Gasteiger charge is -2.15. The van der Waals surface area contributed by atoms with E-state index in [4.69, 9.17) is 9.15 Å². The van der Waals surface area contributed by atoms with Gasteiger partial charge in [-0.3, -0.25) is 9.78 Å². The van der Waals surface area contributed by atoms with Crippen molar-refractivity contribution < 1.29 is 18.3 Å². The fourth-order valence-electron chi connectivity index (χ4n) is 4.60. The normalized spacial score (nSPS) is 11.8. The van der Waals surface area contributed by atoms with E-state index in [-0.39, 0.29) is 11.7 Å². The molecule has 0 fully saturated rings. The minimum absolute atomic E-state index is 0.253. The lowest BCUT2D eigenvalue weighted by Crippen LogP contribution is -2.09. The first-order chi connectivity index (χ1) is 17.9. The van der Waals surface area contributed by atoms with E-state index >= 15 is 0 Å². The van der Waals surface area contributed by atoms with Crippen LogP contribution in [0, 0.1) is 19.7 Å². The van der Waals surface area contributed by atoms with Crippen molar-refractivity contribution in [1.29, 1.82) is 0 Å². The highest BCUT2D eigenvalue weighted by atomic mass is 19.1. The van der Waals surface area contributed by atoms with Gasteiger partial charge < -0.3 is 14.5 Å². The topological polar surface area (TPSA) is 64.4 Å². The maximum Gasteiger partial charge on any atom is 0.248 e. The molecular weight excluding hydrogens is 467 g/mol. The number of hydrogen-bond acceptors (Lipinski definition) is 4. The molecule has 0 saturated carbocycles. The molecular formula is C31H27FN2O3. The van der Waals surface area contributed by atoms with Gasteiger partial charge in [-0.2, -0.15) is 0 Å².